The quantitative estimate of drug-likeness (QED) is 0.368. The van der Waals surface area contributed by atoms with Crippen LogP contribution in [0.25, 0.3) is 0 Å². The molecular weight excluding hydrogens is 510 g/mol. The first-order chi connectivity index (χ1) is 10.5. The average molecular weight is 522 g/mol. The van der Waals surface area contributed by atoms with E-state index in [2.05, 4.69) is 33.1 Å². The molecule has 0 heterocycles. The molecule has 0 radical (unpaired) electrons. The molecule has 0 aromatic heterocycles. The van der Waals surface area contributed by atoms with Gasteiger partial charge in [-0.3, -0.25) is 4.79 Å². The van der Waals surface area contributed by atoms with E-state index in [1.54, 1.807) is 43.5 Å². The second-order valence-electron chi connectivity index (χ2n) is 4.26. The van der Waals surface area contributed by atoms with Gasteiger partial charge in [-0.15, -0.1) is 0 Å². The van der Waals surface area contributed by atoms with Crippen LogP contribution in [-0.2, 0) is 0 Å². The Balaban J connectivity index is 2.06. The number of hydrazone groups is 1. The molecule has 0 spiro atoms. The molecular formula is C15H12I2N2O3. The van der Waals surface area contributed by atoms with Crippen molar-refractivity contribution in [2.24, 2.45) is 5.10 Å². The van der Waals surface area contributed by atoms with Gasteiger partial charge in [0.2, 0.25) is 0 Å². The zero-order valence-corrected chi connectivity index (χ0v) is 15.8. The molecule has 0 fully saturated rings. The van der Waals surface area contributed by atoms with E-state index < -0.39 is 0 Å². The highest BCUT2D eigenvalue weighted by atomic mass is 127. The predicted octanol–water partition coefficient (Wildman–Crippen LogP) is 3.37. The van der Waals surface area contributed by atoms with E-state index in [4.69, 9.17) is 4.74 Å². The van der Waals surface area contributed by atoms with Crippen LogP contribution in [-0.4, -0.2) is 24.3 Å². The van der Waals surface area contributed by atoms with Crippen LogP contribution in [0.15, 0.2) is 41.5 Å². The van der Waals surface area contributed by atoms with Gasteiger partial charge in [-0.2, -0.15) is 5.10 Å². The van der Waals surface area contributed by atoms with Gasteiger partial charge in [0, 0.05) is 5.56 Å². The van der Waals surface area contributed by atoms with Crippen LogP contribution in [0.2, 0.25) is 0 Å². The van der Waals surface area contributed by atoms with Gasteiger partial charge in [0.05, 0.1) is 20.5 Å². The number of phenolic OH excluding ortho intramolecular Hbond substituents is 1. The van der Waals surface area contributed by atoms with Crippen LogP contribution >= 0.6 is 45.2 Å². The highest BCUT2D eigenvalue weighted by Gasteiger charge is 2.08. The van der Waals surface area contributed by atoms with Gasteiger partial charge in [0.1, 0.15) is 11.5 Å². The lowest BCUT2D eigenvalue weighted by Gasteiger charge is -2.05. The van der Waals surface area contributed by atoms with E-state index >= 15 is 0 Å². The number of ether oxygens (including phenoxy) is 1. The van der Waals surface area contributed by atoms with Gasteiger partial charge >= 0.3 is 0 Å². The Hall–Kier alpha value is -1.36. The third-order valence-electron chi connectivity index (χ3n) is 2.76. The van der Waals surface area contributed by atoms with Crippen LogP contribution in [0.5, 0.6) is 11.5 Å². The summed E-state index contributed by atoms with van der Waals surface area (Å²) >= 11 is 4.16. The number of rotatable bonds is 4. The Kier molecular flexibility index (Phi) is 6.00. The van der Waals surface area contributed by atoms with Gasteiger partial charge in [-0.1, -0.05) is 0 Å². The molecule has 0 unspecified atom stereocenters. The summed E-state index contributed by atoms with van der Waals surface area (Å²) < 4.78 is 6.83. The van der Waals surface area contributed by atoms with Crippen molar-refractivity contribution in [1.82, 2.24) is 5.43 Å². The Bertz CT molecular complexity index is 733. The highest BCUT2D eigenvalue weighted by molar-refractivity contribution is 14.1. The number of nitrogens with zero attached hydrogens (tertiary/aromatic N) is 1. The molecule has 2 aromatic carbocycles. The lowest BCUT2D eigenvalue weighted by atomic mass is 10.2. The lowest BCUT2D eigenvalue weighted by molar-refractivity contribution is 0.0954. The second kappa shape index (κ2) is 7.77. The standard InChI is InChI=1S/C15H12I2N2O3/c1-22-14-7-10(3-4-11(14)16)15(21)19-18-8-9-2-5-13(20)12(17)6-9/h2-8,20H,1H3,(H,19,21)/b18-8-. The normalized spacial score (nSPS) is 10.7. The molecule has 7 heteroatoms. The molecule has 5 nitrogen and oxygen atoms in total. The Labute approximate surface area is 155 Å². The number of hydrogen-bond acceptors (Lipinski definition) is 4. The number of aromatic hydroxyl groups is 1. The van der Waals surface area contributed by atoms with E-state index in [0.717, 1.165) is 12.7 Å². The lowest BCUT2D eigenvalue weighted by Crippen LogP contribution is -2.17. The van der Waals surface area contributed by atoms with Gasteiger partial charge in [0.15, 0.2) is 0 Å². The number of nitrogens with one attached hydrogen (secondary N) is 1. The van der Waals surface area contributed by atoms with Crippen LogP contribution in [0, 0.1) is 7.14 Å². The van der Waals surface area contributed by atoms with E-state index in [1.165, 1.54) is 6.21 Å². The summed E-state index contributed by atoms with van der Waals surface area (Å²) in [6, 6.07) is 10.2. The summed E-state index contributed by atoms with van der Waals surface area (Å²) in [4.78, 5) is 12.0. The molecule has 1 amide bonds. The molecule has 2 N–H and O–H groups in total. The first kappa shape index (κ1) is 17.0. The minimum absolute atomic E-state index is 0.216. The number of halogens is 2. The fourth-order valence-electron chi connectivity index (χ4n) is 1.63. The summed E-state index contributed by atoms with van der Waals surface area (Å²) in [5, 5.41) is 13.4. The summed E-state index contributed by atoms with van der Waals surface area (Å²) in [5.41, 5.74) is 3.71. The number of benzene rings is 2. The monoisotopic (exact) mass is 522 g/mol. The van der Waals surface area contributed by atoms with Gasteiger partial charge in [-0.05, 0) is 87.1 Å². The van der Waals surface area contributed by atoms with Crippen molar-refractivity contribution in [3.63, 3.8) is 0 Å². The smallest absolute Gasteiger partial charge is 0.271 e. The molecule has 0 saturated carbocycles. The Morgan fingerprint density at radius 1 is 1.23 bits per heavy atom. The number of amides is 1. The van der Waals surface area contributed by atoms with Crippen LogP contribution in [0.1, 0.15) is 15.9 Å². The molecule has 2 aromatic rings. The zero-order chi connectivity index (χ0) is 16.1. The summed E-state index contributed by atoms with van der Waals surface area (Å²) in [7, 11) is 1.56. The molecule has 2 rings (SSSR count). The highest BCUT2D eigenvalue weighted by Crippen LogP contribution is 2.22. The van der Waals surface area contributed by atoms with Crippen molar-refractivity contribution >= 4 is 57.3 Å². The Morgan fingerprint density at radius 2 is 2.00 bits per heavy atom. The Morgan fingerprint density at radius 3 is 2.68 bits per heavy atom. The van der Waals surface area contributed by atoms with Crippen LogP contribution < -0.4 is 10.2 Å². The summed E-state index contributed by atoms with van der Waals surface area (Å²) in [5.74, 6) is 0.539. The average Bonchev–Trinajstić information content (AvgIpc) is 2.51. The molecule has 0 aliphatic heterocycles. The molecule has 22 heavy (non-hydrogen) atoms. The van der Waals surface area contributed by atoms with E-state index in [-0.39, 0.29) is 11.7 Å². The fraction of sp³-hybridized carbons (Fsp3) is 0.0667. The number of hydrogen-bond donors (Lipinski definition) is 2. The minimum atomic E-state index is -0.320. The number of carbonyl (C=O) groups excluding carboxylic acids is 1. The first-order valence-electron chi connectivity index (χ1n) is 6.16. The van der Waals surface area contributed by atoms with Crippen molar-refractivity contribution in [2.45, 2.75) is 0 Å². The van der Waals surface area contributed by atoms with Gasteiger partial charge < -0.3 is 9.84 Å². The molecule has 0 aliphatic rings. The van der Waals surface area contributed by atoms with E-state index in [9.17, 15) is 9.90 Å². The molecule has 0 atom stereocenters. The maximum absolute atomic E-state index is 12.0. The molecule has 0 aliphatic carbocycles. The van der Waals surface area contributed by atoms with E-state index in [0.29, 0.717) is 11.3 Å². The SMILES string of the molecule is COc1cc(C(=O)N/N=C\c2ccc(O)c(I)c2)ccc1I. The second-order valence-corrected chi connectivity index (χ2v) is 6.58. The zero-order valence-electron chi connectivity index (χ0n) is 11.5. The van der Waals surface area contributed by atoms with Crippen LogP contribution in [0.4, 0.5) is 0 Å². The fourth-order valence-corrected chi connectivity index (χ4v) is 2.73. The van der Waals surface area contributed by atoms with E-state index in [1.807, 2.05) is 22.6 Å². The number of carbonyl (C=O) groups is 1. The molecule has 0 bridgehead atoms. The molecule has 0 saturated heterocycles. The van der Waals surface area contributed by atoms with Crippen molar-refractivity contribution in [1.29, 1.82) is 0 Å². The minimum Gasteiger partial charge on any atom is -0.507 e. The summed E-state index contributed by atoms with van der Waals surface area (Å²) in [6.07, 6.45) is 1.52. The van der Waals surface area contributed by atoms with Gasteiger partial charge in [0.25, 0.3) is 5.91 Å². The number of phenols is 1. The maximum atomic E-state index is 12.0. The van der Waals surface area contributed by atoms with Crippen molar-refractivity contribution in [2.75, 3.05) is 7.11 Å². The van der Waals surface area contributed by atoms with Gasteiger partial charge in [-0.25, -0.2) is 5.43 Å². The van der Waals surface area contributed by atoms with Crippen molar-refractivity contribution < 1.29 is 14.6 Å². The predicted molar refractivity (Wildman–Crippen MR) is 102 cm³/mol. The summed E-state index contributed by atoms with van der Waals surface area (Å²) in [6.45, 7) is 0. The number of methoxy groups -OCH3 is 1. The maximum Gasteiger partial charge on any atom is 0.271 e. The topological polar surface area (TPSA) is 70.9 Å². The third-order valence-corrected chi connectivity index (χ3v) is 4.52. The van der Waals surface area contributed by atoms with Crippen LogP contribution in [0.3, 0.4) is 0 Å². The third kappa shape index (κ3) is 4.32. The van der Waals surface area contributed by atoms with Crippen molar-refractivity contribution in [3.8, 4) is 11.5 Å². The molecule has 114 valence electrons. The van der Waals surface area contributed by atoms with Crippen molar-refractivity contribution in [3.05, 3.63) is 54.7 Å². The first-order valence-corrected chi connectivity index (χ1v) is 8.32. The largest absolute Gasteiger partial charge is 0.507 e.